The van der Waals surface area contributed by atoms with Crippen molar-refractivity contribution in [3.05, 3.63) is 57.8 Å². The molecule has 1 aromatic carbocycles. The first-order valence-electron chi connectivity index (χ1n) is 6.08. The van der Waals surface area contributed by atoms with Gasteiger partial charge in [-0.1, -0.05) is 39.7 Å². The van der Waals surface area contributed by atoms with Crippen LogP contribution in [0, 0.1) is 0 Å². The summed E-state index contributed by atoms with van der Waals surface area (Å²) in [5.41, 5.74) is 0.935. The maximum Gasteiger partial charge on any atom is 0.234 e. The number of hydrogen-bond donors (Lipinski definition) is 1. The molecule has 0 atom stereocenters. The van der Waals surface area contributed by atoms with E-state index in [1.807, 2.05) is 38.1 Å². The molecule has 0 bridgehead atoms. The van der Waals surface area contributed by atoms with E-state index in [2.05, 4.69) is 26.2 Å². The second-order valence-corrected chi connectivity index (χ2v) is 6.26. The lowest BCUT2D eigenvalue weighted by Gasteiger charge is -2.24. The van der Waals surface area contributed by atoms with Crippen LogP contribution in [-0.4, -0.2) is 10.9 Å². The number of anilines is 1. The highest BCUT2D eigenvalue weighted by Gasteiger charge is 2.29. The van der Waals surface area contributed by atoms with Gasteiger partial charge in [0.05, 0.1) is 17.3 Å². The molecule has 3 nitrogen and oxygen atoms in total. The zero-order valence-electron chi connectivity index (χ0n) is 11.2. The lowest BCUT2D eigenvalue weighted by molar-refractivity contribution is -0.120. The van der Waals surface area contributed by atoms with Gasteiger partial charge in [0.1, 0.15) is 5.15 Å². The van der Waals surface area contributed by atoms with Crippen molar-refractivity contribution in [2.75, 3.05) is 5.32 Å². The van der Waals surface area contributed by atoms with E-state index < -0.39 is 5.41 Å². The highest BCUT2D eigenvalue weighted by molar-refractivity contribution is 9.10. The van der Waals surface area contributed by atoms with E-state index in [4.69, 9.17) is 11.6 Å². The summed E-state index contributed by atoms with van der Waals surface area (Å²) < 4.78 is 0.986. The molecule has 0 saturated carbocycles. The smallest absolute Gasteiger partial charge is 0.234 e. The molecule has 1 aromatic heterocycles. The van der Waals surface area contributed by atoms with Gasteiger partial charge < -0.3 is 5.32 Å². The van der Waals surface area contributed by atoms with Gasteiger partial charge in [0.25, 0.3) is 0 Å². The van der Waals surface area contributed by atoms with E-state index in [9.17, 15) is 4.79 Å². The summed E-state index contributed by atoms with van der Waals surface area (Å²) in [6.07, 6.45) is 1.54. The number of amides is 1. The summed E-state index contributed by atoms with van der Waals surface area (Å²) in [6, 6.07) is 11.1. The molecule has 0 unspecified atom stereocenters. The Morgan fingerprint density at radius 3 is 2.40 bits per heavy atom. The first-order chi connectivity index (χ1) is 9.39. The number of rotatable bonds is 3. The minimum atomic E-state index is -0.639. The fraction of sp³-hybridized carbons (Fsp3) is 0.200. The number of carbonyl (C=O) groups excluding carboxylic acids is 1. The predicted octanol–water partition coefficient (Wildman–Crippen LogP) is 4.41. The van der Waals surface area contributed by atoms with Crippen molar-refractivity contribution in [3.8, 4) is 0 Å². The fourth-order valence-corrected chi connectivity index (χ4v) is 2.11. The van der Waals surface area contributed by atoms with Crippen LogP contribution in [0.1, 0.15) is 19.4 Å². The molecule has 104 valence electrons. The maximum absolute atomic E-state index is 12.4. The quantitative estimate of drug-likeness (QED) is 0.830. The van der Waals surface area contributed by atoms with E-state index in [1.54, 1.807) is 12.1 Å². The minimum absolute atomic E-state index is 0.0936. The second kappa shape index (κ2) is 5.94. The molecule has 5 heteroatoms. The van der Waals surface area contributed by atoms with E-state index in [1.165, 1.54) is 6.20 Å². The van der Waals surface area contributed by atoms with Crippen LogP contribution >= 0.6 is 27.5 Å². The summed E-state index contributed by atoms with van der Waals surface area (Å²) in [4.78, 5) is 16.4. The fourth-order valence-electron chi connectivity index (χ4n) is 1.73. The van der Waals surface area contributed by atoms with Crippen molar-refractivity contribution < 1.29 is 4.79 Å². The lowest BCUT2D eigenvalue weighted by atomic mass is 9.84. The Hall–Kier alpha value is -1.39. The van der Waals surface area contributed by atoms with Crippen molar-refractivity contribution in [1.82, 2.24) is 4.98 Å². The Morgan fingerprint density at radius 2 is 1.85 bits per heavy atom. The van der Waals surface area contributed by atoms with Gasteiger partial charge in [0.15, 0.2) is 0 Å². The van der Waals surface area contributed by atoms with Gasteiger partial charge in [0, 0.05) is 4.47 Å². The predicted molar refractivity (Wildman–Crippen MR) is 85.0 cm³/mol. The third-order valence-electron chi connectivity index (χ3n) is 3.12. The van der Waals surface area contributed by atoms with Crippen LogP contribution in [-0.2, 0) is 10.2 Å². The molecule has 0 spiro atoms. The Kier molecular flexibility index (Phi) is 4.45. The van der Waals surface area contributed by atoms with Crippen LogP contribution in [0.5, 0.6) is 0 Å². The average Bonchev–Trinajstić information content (AvgIpc) is 2.42. The molecule has 0 radical (unpaired) electrons. The lowest BCUT2D eigenvalue weighted by Crippen LogP contribution is -2.34. The van der Waals surface area contributed by atoms with Crippen molar-refractivity contribution in [2.24, 2.45) is 0 Å². The van der Waals surface area contributed by atoms with E-state index >= 15 is 0 Å². The van der Waals surface area contributed by atoms with Gasteiger partial charge in [-0.15, -0.1) is 0 Å². The number of hydrogen-bond acceptors (Lipinski definition) is 2. The molecule has 0 fully saturated rings. The molecule has 1 N–H and O–H groups in total. The van der Waals surface area contributed by atoms with Crippen LogP contribution < -0.4 is 5.32 Å². The first-order valence-corrected chi connectivity index (χ1v) is 7.26. The summed E-state index contributed by atoms with van der Waals surface area (Å²) in [7, 11) is 0. The van der Waals surface area contributed by atoms with Crippen LogP contribution in [0.2, 0.25) is 5.15 Å². The number of benzene rings is 1. The molecule has 2 rings (SSSR count). The number of aromatic nitrogens is 1. The second-order valence-electron chi connectivity index (χ2n) is 4.96. The molecule has 1 heterocycles. The molecule has 0 aliphatic heterocycles. The molecular weight excluding hydrogens is 340 g/mol. The number of halogens is 2. The zero-order chi connectivity index (χ0) is 14.8. The molecule has 20 heavy (non-hydrogen) atoms. The van der Waals surface area contributed by atoms with Gasteiger partial charge in [-0.25, -0.2) is 4.98 Å². The number of nitrogens with one attached hydrogen (secondary N) is 1. The Labute approximate surface area is 131 Å². The van der Waals surface area contributed by atoms with E-state index in [0.29, 0.717) is 10.8 Å². The highest BCUT2D eigenvalue weighted by atomic mass is 79.9. The topological polar surface area (TPSA) is 42.0 Å². The Bertz CT molecular complexity index is 609. The van der Waals surface area contributed by atoms with Crippen LogP contribution in [0.4, 0.5) is 5.69 Å². The van der Waals surface area contributed by atoms with Crippen molar-refractivity contribution in [3.63, 3.8) is 0 Å². The summed E-state index contributed by atoms with van der Waals surface area (Å²) in [6.45, 7) is 3.77. The largest absolute Gasteiger partial charge is 0.324 e. The molecule has 0 saturated heterocycles. The average molecular weight is 354 g/mol. The highest BCUT2D eigenvalue weighted by Crippen LogP contribution is 2.26. The number of carbonyl (C=O) groups is 1. The summed E-state index contributed by atoms with van der Waals surface area (Å²) in [5.74, 6) is -0.0936. The summed E-state index contributed by atoms with van der Waals surface area (Å²) in [5, 5.41) is 3.25. The summed E-state index contributed by atoms with van der Waals surface area (Å²) >= 11 is 9.11. The van der Waals surface area contributed by atoms with Gasteiger partial charge in [-0.2, -0.15) is 0 Å². The molecule has 2 aromatic rings. The molecule has 0 aliphatic rings. The van der Waals surface area contributed by atoms with Crippen molar-refractivity contribution >= 4 is 39.1 Å². The Morgan fingerprint density at radius 1 is 1.20 bits per heavy atom. The maximum atomic E-state index is 12.4. The van der Waals surface area contributed by atoms with Crippen LogP contribution in [0.15, 0.2) is 47.1 Å². The van der Waals surface area contributed by atoms with Gasteiger partial charge in [-0.05, 0) is 43.7 Å². The standard InChI is InChI=1S/C15H14BrClN2O/c1-15(2,10-3-5-11(16)6-4-10)14(20)19-12-7-8-13(17)18-9-12/h3-9H,1-2H3,(H,19,20). The third-order valence-corrected chi connectivity index (χ3v) is 3.87. The van der Waals surface area contributed by atoms with Gasteiger partial charge in [-0.3, -0.25) is 4.79 Å². The molecular formula is C15H14BrClN2O. The SMILES string of the molecule is CC(C)(C(=O)Nc1ccc(Cl)nc1)c1ccc(Br)cc1. The molecule has 1 amide bonds. The van der Waals surface area contributed by atoms with E-state index in [-0.39, 0.29) is 5.91 Å². The number of nitrogens with zero attached hydrogens (tertiary/aromatic N) is 1. The minimum Gasteiger partial charge on any atom is -0.324 e. The normalized spacial score (nSPS) is 11.2. The van der Waals surface area contributed by atoms with Crippen molar-refractivity contribution in [1.29, 1.82) is 0 Å². The third kappa shape index (κ3) is 3.38. The van der Waals surface area contributed by atoms with E-state index in [0.717, 1.165) is 10.0 Å². The van der Waals surface area contributed by atoms with Crippen LogP contribution in [0.3, 0.4) is 0 Å². The monoisotopic (exact) mass is 352 g/mol. The molecule has 0 aliphatic carbocycles. The number of pyridine rings is 1. The van der Waals surface area contributed by atoms with Crippen molar-refractivity contribution in [2.45, 2.75) is 19.3 Å². The van der Waals surface area contributed by atoms with Gasteiger partial charge in [0.2, 0.25) is 5.91 Å². The van der Waals surface area contributed by atoms with Crippen LogP contribution in [0.25, 0.3) is 0 Å². The zero-order valence-corrected chi connectivity index (χ0v) is 13.5. The van der Waals surface area contributed by atoms with Gasteiger partial charge >= 0.3 is 0 Å². The Balaban J connectivity index is 2.18. The first kappa shape index (κ1) is 15.0.